The van der Waals surface area contributed by atoms with Crippen LogP contribution in [0.25, 0.3) is 11.1 Å². The van der Waals surface area contributed by atoms with Crippen LogP contribution in [0.4, 0.5) is 11.5 Å². The maximum atomic E-state index is 13.6. The number of nitrogens with zero attached hydrogens (tertiary/aromatic N) is 5. The van der Waals surface area contributed by atoms with Crippen molar-refractivity contribution in [2.45, 2.75) is 20.8 Å². The molecule has 32 heavy (non-hydrogen) atoms. The zero-order valence-electron chi connectivity index (χ0n) is 18.9. The molecule has 0 unspecified atom stereocenters. The minimum absolute atomic E-state index is 0.00817. The van der Waals surface area contributed by atoms with Crippen molar-refractivity contribution in [1.29, 1.82) is 0 Å². The van der Waals surface area contributed by atoms with Crippen LogP contribution in [-0.4, -0.2) is 73.3 Å². The molecular formula is C24H29N5O3. The molecule has 0 saturated carbocycles. The van der Waals surface area contributed by atoms with Crippen LogP contribution in [0.15, 0.2) is 28.9 Å². The number of hydrogen-bond donors (Lipinski definition) is 0. The largest absolute Gasteiger partial charge is 0.442 e. The van der Waals surface area contributed by atoms with E-state index in [4.69, 9.17) is 9.15 Å². The Bertz CT molecular complexity index is 1140. The molecule has 0 radical (unpaired) electrons. The van der Waals surface area contributed by atoms with Gasteiger partial charge < -0.3 is 23.9 Å². The van der Waals surface area contributed by atoms with Crippen molar-refractivity contribution in [2.24, 2.45) is 0 Å². The van der Waals surface area contributed by atoms with Gasteiger partial charge in [0.1, 0.15) is 17.9 Å². The van der Waals surface area contributed by atoms with Gasteiger partial charge in [-0.3, -0.25) is 4.79 Å². The Morgan fingerprint density at radius 3 is 2.44 bits per heavy atom. The first-order valence-electron chi connectivity index (χ1n) is 11.2. The fourth-order valence-corrected chi connectivity index (χ4v) is 4.67. The Morgan fingerprint density at radius 2 is 1.69 bits per heavy atom. The first kappa shape index (κ1) is 20.8. The molecule has 1 aromatic carbocycles. The first-order valence-corrected chi connectivity index (χ1v) is 11.2. The lowest BCUT2D eigenvalue weighted by Crippen LogP contribution is -2.49. The van der Waals surface area contributed by atoms with Gasteiger partial charge in [0.25, 0.3) is 5.91 Å². The molecule has 0 N–H and O–H groups in total. The van der Waals surface area contributed by atoms with E-state index in [0.29, 0.717) is 48.7 Å². The highest BCUT2D eigenvalue weighted by atomic mass is 16.5. The molecule has 168 valence electrons. The fraction of sp³-hybridized carbons (Fsp3) is 0.458. The minimum atomic E-state index is -0.00817. The van der Waals surface area contributed by atoms with Crippen molar-refractivity contribution < 1.29 is 13.9 Å². The number of benzene rings is 1. The van der Waals surface area contributed by atoms with Crippen LogP contribution in [-0.2, 0) is 4.74 Å². The fourth-order valence-electron chi connectivity index (χ4n) is 4.67. The Labute approximate surface area is 187 Å². The second-order valence-corrected chi connectivity index (χ2v) is 8.58. The molecule has 0 bridgehead atoms. The molecule has 0 spiro atoms. The van der Waals surface area contributed by atoms with Crippen LogP contribution < -0.4 is 9.80 Å². The number of aryl methyl sites for hydroxylation is 3. The summed E-state index contributed by atoms with van der Waals surface area (Å²) in [6.45, 7) is 11.8. The zero-order chi connectivity index (χ0) is 22.2. The standard InChI is InChI=1S/C24H29N5O3/c1-16-4-5-17(2)19(14-16)27-6-8-29(9-7-27)24(30)20-18(3)32-23-21(20)22(25-15-26-23)28-10-12-31-13-11-28/h4-5,14-15H,6-13H2,1-3H3. The Kier molecular flexibility index (Phi) is 5.46. The summed E-state index contributed by atoms with van der Waals surface area (Å²) in [7, 11) is 0. The van der Waals surface area contributed by atoms with E-state index in [0.717, 1.165) is 32.0 Å². The number of amides is 1. The van der Waals surface area contributed by atoms with Gasteiger partial charge in [0, 0.05) is 45.0 Å². The van der Waals surface area contributed by atoms with E-state index >= 15 is 0 Å². The van der Waals surface area contributed by atoms with Crippen molar-refractivity contribution in [1.82, 2.24) is 14.9 Å². The SMILES string of the molecule is Cc1ccc(C)c(N2CCN(C(=O)c3c(C)oc4ncnc(N5CCOCC5)c34)CC2)c1. The van der Waals surface area contributed by atoms with Gasteiger partial charge in [-0.1, -0.05) is 12.1 Å². The lowest BCUT2D eigenvalue weighted by Gasteiger charge is -2.37. The summed E-state index contributed by atoms with van der Waals surface area (Å²) in [5, 5.41) is 0.717. The van der Waals surface area contributed by atoms with Crippen molar-refractivity contribution in [2.75, 3.05) is 62.3 Å². The van der Waals surface area contributed by atoms with E-state index in [9.17, 15) is 4.79 Å². The second kappa shape index (κ2) is 8.43. The smallest absolute Gasteiger partial charge is 0.258 e. The minimum Gasteiger partial charge on any atom is -0.442 e. The van der Waals surface area contributed by atoms with Gasteiger partial charge in [-0.15, -0.1) is 0 Å². The monoisotopic (exact) mass is 435 g/mol. The third kappa shape index (κ3) is 3.68. The molecule has 2 aliphatic rings. The predicted octanol–water partition coefficient (Wildman–Crippen LogP) is 2.95. The normalized spacial score (nSPS) is 17.3. The van der Waals surface area contributed by atoms with Crippen molar-refractivity contribution in [3.63, 3.8) is 0 Å². The summed E-state index contributed by atoms with van der Waals surface area (Å²) >= 11 is 0. The summed E-state index contributed by atoms with van der Waals surface area (Å²) in [6, 6.07) is 6.53. The van der Waals surface area contributed by atoms with Gasteiger partial charge in [-0.2, -0.15) is 0 Å². The van der Waals surface area contributed by atoms with Crippen molar-refractivity contribution in [3.8, 4) is 0 Å². The van der Waals surface area contributed by atoms with Gasteiger partial charge in [-0.25, -0.2) is 9.97 Å². The number of furan rings is 1. The third-order valence-corrected chi connectivity index (χ3v) is 6.44. The number of hydrogen-bond acceptors (Lipinski definition) is 7. The molecule has 2 saturated heterocycles. The Balaban J connectivity index is 1.41. The second-order valence-electron chi connectivity index (χ2n) is 8.58. The van der Waals surface area contributed by atoms with E-state index in [-0.39, 0.29) is 5.91 Å². The van der Waals surface area contributed by atoms with Crippen molar-refractivity contribution >= 4 is 28.5 Å². The molecule has 0 aliphatic carbocycles. The average molecular weight is 436 g/mol. The molecule has 1 amide bonds. The molecule has 2 aromatic heterocycles. The molecule has 8 heteroatoms. The van der Waals surface area contributed by atoms with Gasteiger partial charge in [0.15, 0.2) is 0 Å². The molecular weight excluding hydrogens is 406 g/mol. The summed E-state index contributed by atoms with van der Waals surface area (Å²) < 4.78 is 11.4. The number of aromatic nitrogens is 2. The number of rotatable bonds is 3. The first-order chi connectivity index (χ1) is 15.5. The molecule has 0 atom stereocenters. The van der Waals surface area contributed by atoms with Crippen molar-refractivity contribution in [3.05, 3.63) is 47.0 Å². The summed E-state index contributed by atoms with van der Waals surface area (Å²) in [4.78, 5) is 28.9. The van der Waals surface area contributed by atoms with Gasteiger partial charge in [0.05, 0.1) is 24.2 Å². The highest BCUT2D eigenvalue weighted by molar-refractivity contribution is 6.10. The van der Waals surface area contributed by atoms with Gasteiger partial charge in [0.2, 0.25) is 5.71 Å². The zero-order valence-corrected chi connectivity index (χ0v) is 18.9. The van der Waals surface area contributed by atoms with Gasteiger partial charge >= 0.3 is 0 Å². The van der Waals surface area contributed by atoms with Crippen LogP contribution in [0.3, 0.4) is 0 Å². The maximum absolute atomic E-state index is 13.6. The van der Waals surface area contributed by atoms with Crippen LogP contribution >= 0.6 is 0 Å². The average Bonchev–Trinajstić information content (AvgIpc) is 3.16. The lowest BCUT2D eigenvalue weighted by atomic mass is 10.1. The van der Waals surface area contributed by atoms with Crippen LogP contribution in [0.5, 0.6) is 0 Å². The highest BCUT2D eigenvalue weighted by Gasteiger charge is 2.30. The summed E-state index contributed by atoms with van der Waals surface area (Å²) in [5.74, 6) is 1.34. The van der Waals surface area contributed by atoms with Crippen LogP contribution in [0.1, 0.15) is 27.2 Å². The van der Waals surface area contributed by atoms with E-state index < -0.39 is 0 Å². The molecule has 2 aliphatic heterocycles. The van der Waals surface area contributed by atoms with Gasteiger partial charge in [-0.05, 0) is 38.0 Å². The topological polar surface area (TPSA) is 74.9 Å². The maximum Gasteiger partial charge on any atom is 0.258 e. The number of anilines is 2. The Hall–Kier alpha value is -3.13. The molecule has 3 aromatic rings. The van der Waals surface area contributed by atoms with E-state index in [1.807, 2.05) is 11.8 Å². The number of ether oxygens (including phenoxy) is 1. The Morgan fingerprint density at radius 1 is 0.938 bits per heavy atom. The van der Waals surface area contributed by atoms with E-state index in [1.54, 1.807) is 0 Å². The number of carbonyl (C=O) groups excluding carboxylic acids is 1. The number of fused-ring (bicyclic) bond motifs is 1. The highest BCUT2D eigenvalue weighted by Crippen LogP contribution is 2.33. The molecule has 8 nitrogen and oxygen atoms in total. The quantitative estimate of drug-likeness (QED) is 0.626. The number of carbonyl (C=O) groups is 1. The van der Waals surface area contributed by atoms with E-state index in [1.165, 1.54) is 23.1 Å². The van der Waals surface area contributed by atoms with E-state index in [2.05, 4.69) is 51.8 Å². The molecule has 4 heterocycles. The number of morpholine rings is 1. The van der Waals surface area contributed by atoms with Crippen LogP contribution in [0.2, 0.25) is 0 Å². The summed E-state index contributed by atoms with van der Waals surface area (Å²) in [6.07, 6.45) is 1.51. The predicted molar refractivity (Wildman–Crippen MR) is 124 cm³/mol. The lowest BCUT2D eigenvalue weighted by molar-refractivity contribution is 0.0746. The third-order valence-electron chi connectivity index (χ3n) is 6.44. The number of piperazine rings is 1. The molecule has 2 fully saturated rings. The summed E-state index contributed by atoms with van der Waals surface area (Å²) in [5.41, 5.74) is 4.82. The molecule has 5 rings (SSSR count). The van der Waals surface area contributed by atoms with Crippen LogP contribution in [0, 0.1) is 20.8 Å².